The van der Waals surface area contributed by atoms with Crippen LogP contribution in [-0.2, 0) is 5.41 Å². The second-order valence-electron chi connectivity index (χ2n) is 3.98. The van der Waals surface area contributed by atoms with Gasteiger partial charge >= 0.3 is 0 Å². The molecule has 0 aliphatic rings. The highest BCUT2D eigenvalue weighted by atomic mass is 14.3. The Morgan fingerprint density at radius 3 is 2.23 bits per heavy atom. The molecule has 0 nitrogen and oxygen atoms in total. The SMILES string of the molecule is C#CC(C)C(C)(C)c1ccccc1. The molecular weight excluding hydrogens is 156 g/mol. The number of rotatable bonds is 2. The topological polar surface area (TPSA) is 0 Å². The van der Waals surface area contributed by atoms with Crippen LogP contribution in [0.15, 0.2) is 30.3 Å². The summed E-state index contributed by atoms with van der Waals surface area (Å²) < 4.78 is 0. The zero-order valence-electron chi connectivity index (χ0n) is 8.54. The van der Waals surface area contributed by atoms with E-state index < -0.39 is 0 Å². The van der Waals surface area contributed by atoms with Crippen LogP contribution in [0.2, 0.25) is 0 Å². The molecule has 68 valence electrons. The average molecular weight is 172 g/mol. The number of benzene rings is 1. The van der Waals surface area contributed by atoms with Crippen LogP contribution in [-0.4, -0.2) is 0 Å². The Morgan fingerprint density at radius 1 is 1.23 bits per heavy atom. The predicted molar refractivity (Wildman–Crippen MR) is 57.5 cm³/mol. The molecule has 0 heterocycles. The summed E-state index contributed by atoms with van der Waals surface area (Å²) in [5, 5.41) is 0. The minimum absolute atomic E-state index is 0.0655. The molecule has 1 aromatic carbocycles. The van der Waals surface area contributed by atoms with Crippen molar-refractivity contribution in [2.75, 3.05) is 0 Å². The van der Waals surface area contributed by atoms with Crippen LogP contribution in [0.25, 0.3) is 0 Å². The molecule has 0 aromatic heterocycles. The lowest BCUT2D eigenvalue weighted by Gasteiger charge is -2.28. The quantitative estimate of drug-likeness (QED) is 0.601. The van der Waals surface area contributed by atoms with Crippen molar-refractivity contribution >= 4 is 0 Å². The standard InChI is InChI=1S/C13H16/c1-5-11(2)13(3,4)12-9-7-6-8-10-12/h1,6-11H,2-4H3. The fourth-order valence-corrected chi connectivity index (χ4v) is 1.33. The fourth-order valence-electron chi connectivity index (χ4n) is 1.33. The maximum Gasteiger partial charge on any atom is 0.0263 e. The van der Waals surface area contributed by atoms with E-state index in [2.05, 4.69) is 51.0 Å². The lowest BCUT2D eigenvalue weighted by molar-refractivity contribution is 0.422. The zero-order valence-corrected chi connectivity index (χ0v) is 8.54. The van der Waals surface area contributed by atoms with E-state index in [0.29, 0.717) is 0 Å². The third-order valence-electron chi connectivity index (χ3n) is 2.85. The first kappa shape index (κ1) is 9.86. The molecule has 1 unspecified atom stereocenters. The van der Waals surface area contributed by atoms with E-state index in [-0.39, 0.29) is 11.3 Å². The van der Waals surface area contributed by atoms with Crippen LogP contribution >= 0.6 is 0 Å². The van der Waals surface area contributed by atoms with E-state index in [1.807, 2.05) is 6.07 Å². The molecule has 0 fully saturated rings. The Morgan fingerprint density at radius 2 is 1.77 bits per heavy atom. The van der Waals surface area contributed by atoms with Crippen molar-refractivity contribution < 1.29 is 0 Å². The zero-order chi connectivity index (χ0) is 9.90. The molecule has 0 saturated carbocycles. The molecule has 0 N–H and O–H groups in total. The van der Waals surface area contributed by atoms with Gasteiger partial charge in [0.05, 0.1) is 0 Å². The summed E-state index contributed by atoms with van der Waals surface area (Å²) in [5.74, 6) is 3.06. The molecule has 0 saturated heterocycles. The lowest BCUT2D eigenvalue weighted by Crippen LogP contribution is -2.25. The third kappa shape index (κ3) is 1.92. The molecule has 0 aliphatic carbocycles. The van der Waals surface area contributed by atoms with E-state index >= 15 is 0 Å². The molecule has 1 rings (SSSR count). The molecular formula is C13H16. The van der Waals surface area contributed by atoms with Gasteiger partial charge in [-0.15, -0.1) is 12.3 Å². The largest absolute Gasteiger partial charge is 0.120 e. The smallest absolute Gasteiger partial charge is 0.0263 e. The van der Waals surface area contributed by atoms with Crippen molar-refractivity contribution in [3.8, 4) is 12.3 Å². The second kappa shape index (κ2) is 3.66. The Kier molecular flexibility index (Phi) is 2.78. The summed E-state index contributed by atoms with van der Waals surface area (Å²) in [6, 6.07) is 10.4. The monoisotopic (exact) mass is 172 g/mol. The van der Waals surface area contributed by atoms with Crippen molar-refractivity contribution in [3.63, 3.8) is 0 Å². The normalized spacial score (nSPS) is 13.4. The van der Waals surface area contributed by atoms with Crippen LogP contribution in [0.1, 0.15) is 26.3 Å². The second-order valence-corrected chi connectivity index (χ2v) is 3.98. The van der Waals surface area contributed by atoms with Crippen LogP contribution in [0.4, 0.5) is 0 Å². The van der Waals surface area contributed by atoms with Crippen molar-refractivity contribution in [3.05, 3.63) is 35.9 Å². The molecule has 0 radical (unpaired) electrons. The first-order chi connectivity index (χ1) is 6.09. The van der Waals surface area contributed by atoms with Gasteiger partial charge in [-0.3, -0.25) is 0 Å². The van der Waals surface area contributed by atoms with Crippen LogP contribution in [0.5, 0.6) is 0 Å². The van der Waals surface area contributed by atoms with Crippen molar-refractivity contribution in [1.29, 1.82) is 0 Å². The van der Waals surface area contributed by atoms with Gasteiger partial charge in [0.15, 0.2) is 0 Å². The van der Waals surface area contributed by atoms with Crippen LogP contribution < -0.4 is 0 Å². The van der Waals surface area contributed by atoms with E-state index in [4.69, 9.17) is 6.42 Å². The average Bonchev–Trinajstić information content (AvgIpc) is 2.18. The third-order valence-corrected chi connectivity index (χ3v) is 2.85. The molecule has 0 aliphatic heterocycles. The lowest BCUT2D eigenvalue weighted by atomic mass is 9.75. The van der Waals surface area contributed by atoms with E-state index in [1.165, 1.54) is 5.56 Å². The summed E-state index contributed by atoms with van der Waals surface area (Å²) in [6.45, 7) is 6.46. The van der Waals surface area contributed by atoms with Gasteiger partial charge in [-0.25, -0.2) is 0 Å². The summed E-state index contributed by atoms with van der Waals surface area (Å²) in [6.07, 6.45) is 5.45. The van der Waals surface area contributed by atoms with Crippen molar-refractivity contribution in [1.82, 2.24) is 0 Å². The van der Waals surface area contributed by atoms with Crippen LogP contribution in [0.3, 0.4) is 0 Å². The predicted octanol–water partition coefficient (Wildman–Crippen LogP) is 3.23. The molecule has 0 spiro atoms. The Balaban J connectivity index is 3.02. The highest BCUT2D eigenvalue weighted by Gasteiger charge is 2.25. The number of hydrogen-bond donors (Lipinski definition) is 0. The molecule has 1 aromatic rings. The molecule has 1 atom stereocenters. The van der Waals surface area contributed by atoms with E-state index in [1.54, 1.807) is 0 Å². The van der Waals surface area contributed by atoms with Crippen molar-refractivity contribution in [2.24, 2.45) is 5.92 Å². The molecule has 13 heavy (non-hydrogen) atoms. The summed E-state index contributed by atoms with van der Waals surface area (Å²) in [5.41, 5.74) is 1.37. The van der Waals surface area contributed by atoms with Gasteiger partial charge in [0, 0.05) is 11.3 Å². The minimum Gasteiger partial charge on any atom is -0.120 e. The summed E-state index contributed by atoms with van der Waals surface area (Å²) in [7, 11) is 0. The van der Waals surface area contributed by atoms with Gasteiger partial charge in [0.25, 0.3) is 0 Å². The van der Waals surface area contributed by atoms with Gasteiger partial charge in [-0.2, -0.15) is 0 Å². The maximum atomic E-state index is 5.45. The summed E-state index contributed by atoms with van der Waals surface area (Å²) in [4.78, 5) is 0. The van der Waals surface area contributed by atoms with E-state index in [0.717, 1.165) is 0 Å². The first-order valence-corrected chi connectivity index (χ1v) is 4.60. The number of hydrogen-bond acceptors (Lipinski definition) is 0. The molecule has 0 bridgehead atoms. The molecule has 0 amide bonds. The first-order valence-electron chi connectivity index (χ1n) is 4.60. The fraction of sp³-hybridized carbons (Fsp3) is 0.385. The van der Waals surface area contributed by atoms with Gasteiger partial charge < -0.3 is 0 Å². The summed E-state index contributed by atoms with van der Waals surface area (Å²) >= 11 is 0. The van der Waals surface area contributed by atoms with Gasteiger partial charge in [-0.1, -0.05) is 51.1 Å². The Hall–Kier alpha value is -1.22. The maximum absolute atomic E-state index is 5.45. The van der Waals surface area contributed by atoms with Crippen molar-refractivity contribution in [2.45, 2.75) is 26.2 Å². The highest BCUT2D eigenvalue weighted by molar-refractivity contribution is 5.26. The van der Waals surface area contributed by atoms with Gasteiger partial charge in [0.2, 0.25) is 0 Å². The van der Waals surface area contributed by atoms with E-state index in [9.17, 15) is 0 Å². The minimum atomic E-state index is 0.0655. The van der Waals surface area contributed by atoms with Crippen LogP contribution in [0, 0.1) is 18.3 Å². The highest BCUT2D eigenvalue weighted by Crippen LogP contribution is 2.30. The Labute approximate surface area is 81.0 Å². The molecule has 0 heteroatoms. The number of terminal acetylenes is 1. The Bertz CT molecular complexity index is 301. The van der Waals surface area contributed by atoms with Gasteiger partial charge in [-0.05, 0) is 5.56 Å². The van der Waals surface area contributed by atoms with Gasteiger partial charge in [0.1, 0.15) is 0 Å².